The number of carbonyl (C=O) groups is 1. The van der Waals surface area contributed by atoms with Gasteiger partial charge in [-0.1, -0.05) is 13.8 Å². The van der Waals surface area contributed by atoms with Crippen LogP contribution in [0.4, 0.5) is 13.8 Å². The third-order valence-corrected chi connectivity index (χ3v) is 6.84. The molecule has 0 bridgehead atoms. The molecule has 1 aliphatic carbocycles. The third-order valence-electron chi connectivity index (χ3n) is 5.69. The predicted octanol–water partition coefficient (Wildman–Crippen LogP) is 5.31. The molecule has 0 aromatic carbocycles. The Balaban J connectivity index is 1.55. The molecule has 1 aliphatic rings. The molecule has 29 heavy (non-hydrogen) atoms. The summed E-state index contributed by atoms with van der Waals surface area (Å²) in [5.41, 5.74) is 0.257. The van der Waals surface area contributed by atoms with Crippen molar-refractivity contribution < 1.29 is 13.6 Å². The number of alkyl halides is 2. The predicted molar refractivity (Wildman–Crippen MR) is 108 cm³/mol. The highest BCUT2D eigenvalue weighted by atomic mass is 32.1. The van der Waals surface area contributed by atoms with E-state index in [0.717, 1.165) is 37.0 Å². The number of hydrogen-bond acceptors (Lipinski definition) is 5. The van der Waals surface area contributed by atoms with Crippen molar-refractivity contribution in [2.75, 3.05) is 5.32 Å². The molecule has 3 heterocycles. The van der Waals surface area contributed by atoms with Crippen molar-refractivity contribution in [3.05, 3.63) is 40.9 Å². The van der Waals surface area contributed by atoms with E-state index in [-0.39, 0.29) is 22.2 Å². The number of anilines is 1. The number of nitrogens with zero attached hydrogens (tertiary/aromatic N) is 4. The van der Waals surface area contributed by atoms with E-state index in [1.165, 1.54) is 10.7 Å². The summed E-state index contributed by atoms with van der Waals surface area (Å²) in [7, 11) is 0. The Kier molecular flexibility index (Phi) is 5.58. The summed E-state index contributed by atoms with van der Waals surface area (Å²) < 4.78 is 28.6. The molecule has 1 amide bonds. The van der Waals surface area contributed by atoms with Gasteiger partial charge in [0.15, 0.2) is 5.65 Å². The molecule has 0 radical (unpaired) electrons. The second kappa shape index (κ2) is 8.14. The summed E-state index contributed by atoms with van der Waals surface area (Å²) in [5.74, 6) is 0.984. The molecule has 6 nitrogen and oxygen atoms in total. The molecular weight excluding hydrogens is 396 g/mol. The molecule has 3 aromatic rings. The van der Waals surface area contributed by atoms with Crippen LogP contribution in [0.5, 0.6) is 0 Å². The number of amides is 1. The lowest BCUT2D eigenvalue weighted by Gasteiger charge is -2.29. The summed E-state index contributed by atoms with van der Waals surface area (Å²) >= 11 is 1.16. The SMILES string of the molecule is CC(C)C1CCC(c2nc(C(F)F)c(NC(=O)c3cnn4cccnc34)s2)CC1. The molecule has 0 spiro atoms. The summed E-state index contributed by atoms with van der Waals surface area (Å²) in [5, 5.41) is 7.49. The van der Waals surface area contributed by atoms with Crippen LogP contribution < -0.4 is 5.32 Å². The monoisotopic (exact) mass is 419 g/mol. The van der Waals surface area contributed by atoms with Crippen molar-refractivity contribution in [2.24, 2.45) is 11.8 Å². The highest BCUT2D eigenvalue weighted by molar-refractivity contribution is 7.16. The third kappa shape index (κ3) is 4.01. The van der Waals surface area contributed by atoms with Gasteiger partial charge in [-0.15, -0.1) is 11.3 Å². The molecule has 0 saturated heterocycles. The smallest absolute Gasteiger partial charge is 0.283 e. The van der Waals surface area contributed by atoms with Crippen LogP contribution in [0.15, 0.2) is 24.7 Å². The van der Waals surface area contributed by atoms with E-state index in [0.29, 0.717) is 22.5 Å². The standard InChI is InChI=1S/C20H23F2N5OS/c1-11(2)12-4-6-13(7-5-12)19-25-15(16(21)22)20(29-19)26-18(28)14-10-24-27-9-3-8-23-17(14)27/h3,8-13,16H,4-7H2,1-2H3,(H,26,28). The Morgan fingerprint density at radius 2 is 2.03 bits per heavy atom. The van der Waals surface area contributed by atoms with Gasteiger partial charge in [0.2, 0.25) is 0 Å². The van der Waals surface area contributed by atoms with Gasteiger partial charge in [0.25, 0.3) is 12.3 Å². The van der Waals surface area contributed by atoms with E-state index < -0.39 is 12.3 Å². The fourth-order valence-corrected chi connectivity index (χ4v) is 5.09. The van der Waals surface area contributed by atoms with Crippen LogP contribution in [0.3, 0.4) is 0 Å². The van der Waals surface area contributed by atoms with E-state index in [9.17, 15) is 13.6 Å². The van der Waals surface area contributed by atoms with E-state index >= 15 is 0 Å². The van der Waals surface area contributed by atoms with Crippen LogP contribution in [-0.4, -0.2) is 25.5 Å². The summed E-state index contributed by atoms with van der Waals surface area (Å²) in [6, 6.07) is 1.69. The van der Waals surface area contributed by atoms with E-state index in [2.05, 4.69) is 34.2 Å². The Labute approximate surface area is 171 Å². The maximum Gasteiger partial charge on any atom is 0.283 e. The maximum atomic E-state index is 13.6. The number of halogens is 2. The molecular formula is C20H23F2N5OS. The summed E-state index contributed by atoms with van der Waals surface area (Å²) in [4.78, 5) is 21.1. The fourth-order valence-electron chi connectivity index (χ4n) is 3.95. The van der Waals surface area contributed by atoms with Crippen molar-refractivity contribution >= 4 is 27.9 Å². The van der Waals surface area contributed by atoms with Crippen LogP contribution in [-0.2, 0) is 0 Å². The molecule has 3 aromatic heterocycles. The molecule has 0 unspecified atom stereocenters. The molecule has 154 valence electrons. The van der Waals surface area contributed by atoms with Crippen LogP contribution in [0, 0.1) is 11.8 Å². The first-order chi connectivity index (χ1) is 13.9. The highest BCUT2D eigenvalue weighted by Gasteiger charge is 2.29. The van der Waals surface area contributed by atoms with E-state index in [4.69, 9.17) is 0 Å². The quantitative estimate of drug-likeness (QED) is 0.609. The van der Waals surface area contributed by atoms with Gasteiger partial charge in [-0.2, -0.15) is 5.10 Å². The van der Waals surface area contributed by atoms with E-state index in [1.807, 2.05) is 0 Å². The second-order valence-corrected chi connectivity index (χ2v) is 8.85. The van der Waals surface area contributed by atoms with Gasteiger partial charge in [-0.05, 0) is 43.6 Å². The number of nitrogens with one attached hydrogen (secondary N) is 1. The highest BCUT2D eigenvalue weighted by Crippen LogP contribution is 2.43. The largest absolute Gasteiger partial charge is 0.312 e. The van der Waals surface area contributed by atoms with Gasteiger partial charge in [-0.25, -0.2) is 23.3 Å². The molecule has 1 saturated carbocycles. The van der Waals surface area contributed by atoms with Crippen molar-refractivity contribution in [2.45, 2.75) is 51.9 Å². The zero-order valence-corrected chi connectivity index (χ0v) is 17.1. The van der Waals surface area contributed by atoms with Crippen molar-refractivity contribution in [1.29, 1.82) is 0 Å². The van der Waals surface area contributed by atoms with Crippen LogP contribution in [0.2, 0.25) is 0 Å². The van der Waals surface area contributed by atoms with Gasteiger partial charge in [0.05, 0.1) is 11.2 Å². The van der Waals surface area contributed by atoms with Gasteiger partial charge >= 0.3 is 0 Å². The lowest BCUT2D eigenvalue weighted by molar-refractivity contribution is 0.102. The minimum absolute atomic E-state index is 0.112. The number of hydrogen-bond donors (Lipinski definition) is 1. The van der Waals surface area contributed by atoms with E-state index in [1.54, 1.807) is 18.5 Å². The zero-order valence-electron chi connectivity index (χ0n) is 16.3. The first-order valence-corrected chi connectivity index (χ1v) is 10.6. The van der Waals surface area contributed by atoms with Crippen LogP contribution in [0.1, 0.15) is 72.9 Å². The average molecular weight is 420 g/mol. The van der Waals surface area contributed by atoms with Gasteiger partial charge in [0, 0.05) is 18.3 Å². The first-order valence-electron chi connectivity index (χ1n) is 9.82. The van der Waals surface area contributed by atoms with Crippen molar-refractivity contribution in [3.63, 3.8) is 0 Å². The van der Waals surface area contributed by atoms with Gasteiger partial charge in [0.1, 0.15) is 16.3 Å². The Hall–Kier alpha value is -2.42. The normalized spacial score (nSPS) is 19.9. The minimum Gasteiger partial charge on any atom is -0.312 e. The lowest BCUT2D eigenvalue weighted by Crippen LogP contribution is -2.17. The number of aromatic nitrogens is 4. The van der Waals surface area contributed by atoms with Crippen molar-refractivity contribution in [1.82, 2.24) is 19.6 Å². The fraction of sp³-hybridized carbons (Fsp3) is 0.500. The molecule has 1 fully saturated rings. The minimum atomic E-state index is -2.75. The summed E-state index contributed by atoms with van der Waals surface area (Å²) in [6.45, 7) is 4.46. The maximum absolute atomic E-state index is 13.6. The lowest BCUT2D eigenvalue weighted by atomic mass is 9.77. The molecule has 0 aliphatic heterocycles. The summed E-state index contributed by atoms with van der Waals surface area (Å²) in [6.07, 6.45) is 5.93. The number of rotatable bonds is 5. The topological polar surface area (TPSA) is 72.2 Å². The van der Waals surface area contributed by atoms with Crippen molar-refractivity contribution in [3.8, 4) is 0 Å². The molecule has 0 atom stereocenters. The Morgan fingerprint density at radius 1 is 1.28 bits per heavy atom. The number of carbonyl (C=O) groups excluding carboxylic acids is 1. The molecule has 4 rings (SSSR count). The van der Waals surface area contributed by atoms with Crippen LogP contribution >= 0.6 is 11.3 Å². The number of thiazole rings is 1. The average Bonchev–Trinajstić information content (AvgIpc) is 3.32. The van der Waals surface area contributed by atoms with Crippen LogP contribution in [0.25, 0.3) is 5.65 Å². The van der Waals surface area contributed by atoms with Gasteiger partial charge < -0.3 is 5.32 Å². The first kappa shape index (κ1) is 19.9. The Morgan fingerprint density at radius 3 is 2.72 bits per heavy atom. The number of fused-ring (bicyclic) bond motifs is 1. The molecule has 9 heteroatoms. The zero-order chi connectivity index (χ0) is 20.5. The Bertz CT molecular complexity index is 1010. The second-order valence-electron chi connectivity index (χ2n) is 7.82. The van der Waals surface area contributed by atoms with Gasteiger partial charge in [-0.3, -0.25) is 4.79 Å². The molecule has 1 N–H and O–H groups in total.